The molecule has 86 heavy (non-hydrogen) atoms. The summed E-state index contributed by atoms with van der Waals surface area (Å²) in [7, 11) is 0. The summed E-state index contributed by atoms with van der Waals surface area (Å²) in [5.41, 5.74) is 24.8. The van der Waals surface area contributed by atoms with Crippen LogP contribution in [0.2, 0.25) is 46.3 Å². The summed E-state index contributed by atoms with van der Waals surface area (Å²) in [6.07, 6.45) is 4.05. The Morgan fingerprint density at radius 2 is 0.442 bits per heavy atom. The molecule has 4 aromatic rings. The van der Waals surface area contributed by atoms with Gasteiger partial charge in [-0.15, -0.1) is 117 Å². The van der Waals surface area contributed by atoms with Crippen molar-refractivity contribution in [2.75, 3.05) is 0 Å². The summed E-state index contributed by atoms with van der Waals surface area (Å²) in [6, 6.07) is 88.4. The van der Waals surface area contributed by atoms with Crippen LogP contribution in [0, 0.1) is 24.3 Å². The normalized spacial score (nSPS) is 10.2. The van der Waals surface area contributed by atoms with E-state index in [9.17, 15) is 0 Å². The van der Waals surface area contributed by atoms with E-state index in [1.807, 2.05) is 48.5 Å². The molecular formula is C76H68Cl6Si2Zr2-2. The average Bonchev–Trinajstić information content (AvgIpc) is 3.91. The topological polar surface area (TPSA) is 0 Å². The maximum Gasteiger partial charge on any atom is -1.00 e. The predicted molar refractivity (Wildman–Crippen MR) is 362 cm³/mol. The number of aryl methyl sites for hydroxylation is 4. The molecule has 0 unspecified atom stereocenters. The van der Waals surface area contributed by atoms with Crippen molar-refractivity contribution >= 4 is 57.3 Å². The number of hydrogen-bond donors (Lipinski definition) is 0. The Balaban J connectivity index is 0.000000199. The SMILES string of the molecule is CCc1[c-]c2ccccc(-c3ccc(Cl)cc3)c-2c1.CCc1[c-]c2ccccc(-c3ccc(Cl)cc3)c-2c1.CCc1[c-]c2ccccc(-c3ccc(Cl)cc3)c-2c1.CCc1[c-]c2ccccc(-c3ccc(Cl)cc3)c-2c1.C[Si](C)=[Zr+2].C[Si](C)=[Zr+2].[Cl-].[Cl-]. The maximum absolute atomic E-state index is 5.96. The second-order valence-electron chi connectivity index (χ2n) is 20.5. The Morgan fingerprint density at radius 1 is 0.279 bits per heavy atom. The molecule has 0 radical (unpaired) electrons. The fourth-order valence-corrected chi connectivity index (χ4v) is 9.89. The fraction of sp³-hybridized carbons (Fsp3) is 0.158. The molecule has 0 amide bonds. The first-order valence-electron chi connectivity index (χ1n) is 28.4. The van der Waals surface area contributed by atoms with Crippen LogP contribution in [-0.4, -0.2) is 10.9 Å². The minimum atomic E-state index is 0. The summed E-state index contributed by atoms with van der Waals surface area (Å²) < 4.78 is 0. The maximum atomic E-state index is 5.96. The molecule has 0 aliphatic heterocycles. The molecule has 10 heteroatoms. The van der Waals surface area contributed by atoms with Crippen LogP contribution in [0.25, 0.3) is 89.0 Å². The van der Waals surface area contributed by atoms with Crippen molar-refractivity contribution in [1.82, 2.24) is 0 Å². The van der Waals surface area contributed by atoms with Crippen molar-refractivity contribution in [2.45, 2.75) is 79.6 Å². The van der Waals surface area contributed by atoms with Crippen LogP contribution >= 0.6 is 46.4 Å². The molecule has 0 nitrogen and oxygen atoms in total. The average molecular weight is 1430 g/mol. The molecular weight excluding hydrogens is 1360 g/mol. The van der Waals surface area contributed by atoms with Crippen molar-refractivity contribution < 1.29 is 71.5 Å². The molecule has 0 fully saturated rings. The molecule has 0 aromatic heterocycles. The third-order valence-electron chi connectivity index (χ3n) is 13.5. The summed E-state index contributed by atoms with van der Waals surface area (Å²) in [4.78, 5) is 0. The van der Waals surface area contributed by atoms with E-state index in [1.54, 1.807) is 46.7 Å². The first-order chi connectivity index (χ1) is 40.6. The van der Waals surface area contributed by atoms with Crippen molar-refractivity contribution in [3.8, 4) is 89.0 Å². The number of hydrogen-bond acceptors (Lipinski definition) is 0. The number of rotatable bonds is 8. The van der Waals surface area contributed by atoms with Crippen LogP contribution in [-0.2, 0) is 72.4 Å². The van der Waals surface area contributed by atoms with Crippen LogP contribution in [0.15, 0.2) is 218 Å². The molecule has 0 N–H and O–H groups in total. The third kappa shape index (κ3) is 21.4. The molecule has 8 aliphatic carbocycles. The van der Waals surface area contributed by atoms with Crippen molar-refractivity contribution in [2.24, 2.45) is 0 Å². The zero-order chi connectivity index (χ0) is 60.1. The summed E-state index contributed by atoms with van der Waals surface area (Å²) >= 11 is 27.3. The van der Waals surface area contributed by atoms with Crippen molar-refractivity contribution in [3.63, 3.8) is 0 Å². The number of halogens is 6. The van der Waals surface area contributed by atoms with E-state index in [4.69, 9.17) is 46.4 Å². The molecule has 0 atom stereocenters. The summed E-state index contributed by atoms with van der Waals surface area (Å²) in [5, 5.41) is 3.07. The first kappa shape index (κ1) is 72.4. The van der Waals surface area contributed by atoms with Crippen molar-refractivity contribution in [3.05, 3.63) is 285 Å². The van der Waals surface area contributed by atoms with E-state index < -0.39 is 0 Å². The minimum absolute atomic E-state index is 0. The van der Waals surface area contributed by atoms with Gasteiger partial charge in [-0.25, -0.2) is 0 Å². The van der Waals surface area contributed by atoms with E-state index >= 15 is 0 Å². The molecule has 432 valence electrons. The Hall–Kier alpha value is -4.38. The third-order valence-corrected chi connectivity index (χ3v) is 14.5. The standard InChI is InChI=1S/4C18H14Cl.2C2H6Si.2ClH.2Zr/c4*1-2-13-11-15-5-3-4-6-17(18(15)12-13)14-7-9-16(19)10-8-14;2*1-3-2;;;;/h4*3-10,12H,2H2,1H3;2*1-2H3;2*1H;;/q4*-1;;;;;2*+2/p-2. The molecule has 4 aromatic carbocycles. The van der Waals surface area contributed by atoms with Gasteiger partial charge in [0.25, 0.3) is 0 Å². The monoisotopic (exact) mass is 1430 g/mol. The van der Waals surface area contributed by atoms with E-state index in [1.165, 1.54) is 111 Å². The zero-order valence-corrected chi connectivity index (χ0v) is 61.3. The molecule has 12 rings (SSSR count). The van der Waals surface area contributed by atoms with Gasteiger partial charge < -0.3 is 24.8 Å². The molecule has 0 spiro atoms. The Bertz CT molecular complexity index is 3390. The van der Waals surface area contributed by atoms with Crippen LogP contribution in [0.4, 0.5) is 0 Å². The first-order valence-corrected chi connectivity index (χ1v) is 42.3. The number of benzene rings is 4. The zero-order valence-electron chi connectivity index (χ0n) is 49.9. The van der Waals surface area contributed by atoms with Crippen LogP contribution < -0.4 is 24.8 Å². The van der Waals surface area contributed by atoms with Gasteiger partial charge in [-0.3, -0.25) is 0 Å². The molecule has 0 saturated carbocycles. The van der Waals surface area contributed by atoms with Gasteiger partial charge in [0.05, 0.1) is 0 Å². The van der Waals surface area contributed by atoms with Gasteiger partial charge in [0.15, 0.2) is 0 Å². The van der Waals surface area contributed by atoms with Crippen LogP contribution in [0.5, 0.6) is 0 Å². The molecule has 0 heterocycles. The van der Waals surface area contributed by atoms with Gasteiger partial charge in [0.1, 0.15) is 0 Å². The summed E-state index contributed by atoms with van der Waals surface area (Å²) in [6.45, 7) is 17.9. The molecule has 0 saturated heterocycles. The van der Waals surface area contributed by atoms with Gasteiger partial charge in [-0.2, -0.15) is 46.5 Å². The van der Waals surface area contributed by atoms with Gasteiger partial charge in [-0.05, 0) is 96.5 Å². The minimum Gasteiger partial charge on any atom is -1.00 e. The smallest absolute Gasteiger partial charge is 1.00 e. The van der Waals surface area contributed by atoms with Gasteiger partial charge in [-0.1, -0.05) is 193 Å². The Labute approximate surface area is 576 Å². The van der Waals surface area contributed by atoms with Crippen molar-refractivity contribution in [1.29, 1.82) is 0 Å². The van der Waals surface area contributed by atoms with E-state index in [0.717, 1.165) is 45.8 Å². The Kier molecular flexibility index (Phi) is 31.1. The molecule has 8 aliphatic rings. The quantitative estimate of drug-likeness (QED) is 0.105. The van der Waals surface area contributed by atoms with E-state index in [0.29, 0.717) is 0 Å². The fourth-order valence-electron chi connectivity index (χ4n) is 9.39. The Morgan fingerprint density at radius 3 is 0.605 bits per heavy atom. The van der Waals surface area contributed by atoms with E-state index in [2.05, 4.69) is 248 Å². The van der Waals surface area contributed by atoms with Crippen LogP contribution in [0.3, 0.4) is 0 Å². The van der Waals surface area contributed by atoms with Gasteiger partial charge in [0, 0.05) is 20.1 Å². The van der Waals surface area contributed by atoms with Gasteiger partial charge in [0.2, 0.25) is 0 Å². The van der Waals surface area contributed by atoms with E-state index in [-0.39, 0.29) is 35.7 Å². The summed E-state index contributed by atoms with van der Waals surface area (Å²) in [5.74, 6) is 0. The second kappa shape index (κ2) is 36.9. The second-order valence-corrected chi connectivity index (χ2v) is 41.0. The number of fused-ring (bicyclic) bond motifs is 4. The molecule has 0 bridgehead atoms. The largest absolute Gasteiger partial charge is 1.00 e. The van der Waals surface area contributed by atoms with Gasteiger partial charge >= 0.3 is 83.7 Å². The predicted octanol–water partition coefficient (Wildman–Crippen LogP) is 17.5. The van der Waals surface area contributed by atoms with Crippen LogP contribution in [0.1, 0.15) is 49.9 Å².